The van der Waals surface area contributed by atoms with Crippen LogP contribution >= 0.6 is 0 Å². The second-order valence-electron chi connectivity index (χ2n) is 6.38. The van der Waals surface area contributed by atoms with Gasteiger partial charge in [0.25, 0.3) is 5.91 Å². The fraction of sp³-hybridized carbons (Fsp3) is 0.389. The van der Waals surface area contributed by atoms with Crippen molar-refractivity contribution in [1.29, 1.82) is 5.26 Å². The number of aromatic nitrogens is 3. The van der Waals surface area contributed by atoms with E-state index in [4.69, 9.17) is 10.00 Å². The van der Waals surface area contributed by atoms with Gasteiger partial charge in [-0.25, -0.2) is 15.0 Å². The largest absolute Gasteiger partial charge is 0.472 e. The summed E-state index contributed by atoms with van der Waals surface area (Å²) in [6, 6.07) is 5.36. The fourth-order valence-electron chi connectivity index (χ4n) is 2.88. The normalized spacial score (nSPS) is 19.5. The van der Waals surface area contributed by atoms with Crippen LogP contribution in [-0.4, -0.2) is 45.0 Å². The molecule has 7 nitrogen and oxygen atoms in total. The quantitative estimate of drug-likeness (QED) is 0.847. The Morgan fingerprint density at radius 2 is 1.96 bits per heavy atom. The zero-order valence-corrected chi connectivity index (χ0v) is 13.6. The van der Waals surface area contributed by atoms with E-state index in [1.54, 1.807) is 29.4 Å². The Morgan fingerprint density at radius 1 is 1.16 bits per heavy atom. The van der Waals surface area contributed by atoms with Crippen LogP contribution in [-0.2, 0) is 0 Å². The third kappa shape index (κ3) is 3.43. The lowest BCUT2D eigenvalue weighted by atomic mass is 10.3. The minimum absolute atomic E-state index is 0.0683. The Labute approximate surface area is 145 Å². The highest BCUT2D eigenvalue weighted by Crippen LogP contribution is 2.37. The number of likely N-dealkylation sites (tertiary alicyclic amines) is 1. The molecule has 0 aromatic carbocycles. The minimum Gasteiger partial charge on any atom is -0.472 e. The van der Waals surface area contributed by atoms with Crippen LogP contribution in [0.3, 0.4) is 0 Å². The average molecular weight is 335 g/mol. The van der Waals surface area contributed by atoms with E-state index in [2.05, 4.69) is 15.0 Å². The van der Waals surface area contributed by atoms with Crippen molar-refractivity contribution in [2.75, 3.05) is 13.1 Å². The molecule has 0 unspecified atom stereocenters. The fourth-order valence-corrected chi connectivity index (χ4v) is 2.88. The topological polar surface area (TPSA) is 92.0 Å². The Bertz CT molecular complexity index is 809. The maximum atomic E-state index is 12.6. The summed E-state index contributed by atoms with van der Waals surface area (Å²) in [5.74, 6) is 1.72. The van der Waals surface area contributed by atoms with E-state index in [9.17, 15) is 4.79 Å². The first-order valence-electron chi connectivity index (χ1n) is 8.37. The Kier molecular flexibility index (Phi) is 4.02. The highest BCUT2D eigenvalue weighted by Gasteiger charge is 2.30. The molecule has 2 aromatic heterocycles. The number of nitrogens with zero attached hydrogens (tertiary/aromatic N) is 5. The maximum absolute atomic E-state index is 12.6. The molecule has 1 saturated heterocycles. The van der Waals surface area contributed by atoms with E-state index < -0.39 is 0 Å². The van der Waals surface area contributed by atoms with Crippen molar-refractivity contribution >= 4 is 5.91 Å². The molecule has 1 amide bonds. The lowest BCUT2D eigenvalue weighted by molar-refractivity contribution is 0.0770. The number of amides is 1. The summed E-state index contributed by atoms with van der Waals surface area (Å²) < 4.78 is 5.80. The summed E-state index contributed by atoms with van der Waals surface area (Å²) in [5, 5.41) is 8.78. The number of carbonyl (C=O) groups is 1. The van der Waals surface area contributed by atoms with Crippen molar-refractivity contribution in [3.63, 3.8) is 0 Å². The lowest BCUT2D eigenvalue weighted by Gasteiger charge is -2.16. The van der Waals surface area contributed by atoms with Gasteiger partial charge in [0, 0.05) is 43.5 Å². The van der Waals surface area contributed by atoms with Gasteiger partial charge in [0.1, 0.15) is 18.0 Å². The zero-order chi connectivity index (χ0) is 17.2. The molecular formula is C18H17N5O2. The van der Waals surface area contributed by atoms with Gasteiger partial charge in [0.2, 0.25) is 5.88 Å². The van der Waals surface area contributed by atoms with E-state index in [0.717, 1.165) is 25.1 Å². The highest BCUT2D eigenvalue weighted by atomic mass is 16.5. The van der Waals surface area contributed by atoms with Gasteiger partial charge in [0.05, 0.1) is 17.7 Å². The molecule has 7 heteroatoms. The molecule has 126 valence electrons. The molecule has 25 heavy (non-hydrogen) atoms. The van der Waals surface area contributed by atoms with E-state index >= 15 is 0 Å². The van der Waals surface area contributed by atoms with Gasteiger partial charge in [-0.05, 0) is 18.9 Å². The molecule has 0 bridgehead atoms. The Morgan fingerprint density at radius 3 is 2.60 bits per heavy atom. The Balaban J connectivity index is 1.36. The van der Waals surface area contributed by atoms with Gasteiger partial charge in [-0.1, -0.05) is 0 Å². The first kappa shape index (κ1) is 15.5. The molecule has 0 radical (unpaired) electrons. The molecule has 1 aliphatic heterocycles. The molecule has 2 fully saturated rings. The predicted octanol–water partition coefficient (Wildman–Crippen LogP) is 1.91. The van der Waals surface area contributed by atoms with E-state index in [-0.39, 0.29) is 12.0 Å². The van der Waals surface area contributed by atoms with Crippen LogP contribution in [0.1, 0.15) is 46.9 Å². The van der Waals surface area contributed by atoms with Crippen molar-refractivity contribution in [2.24, 2.45) is 0 Å². The Hall–Kier alpha value is -3.01. The van der Waals surface area contributed by atoms with Crippen LogP contribution in [0.2, 0.25) is 0 Å². The van der Waals surface area contributed by atoms with Gasteiger partial charge in [-0.2, -0.15) is 5.26 Å². The van der Waals surface area contributed by atoms with Crippen LogP contribution in [0, 0.1) is 11.3 Å². The zero-order valence-electron chi connectivity index (χ0n) is 13.6. The molecule has 1 aliphatic carbocycles. The first-order valence-corrected chi connectivity index (χ1v) is 8.37. The lowest BCUT2D eigenvalue weighted by Crippen LogP contribution is -2.31. The molecule has 0 N–H and O–H groups in total. The molecule has 3 heterocycles. The van der Waals surface area contributed by atoms with Gasteiger partial charge in [-0.3, -0.25) is 4.79 Å². The molecule has 0 spiro atoms. The van der Waals surface area contributed by atoms with E-state index in [1.807, 2.05) is 6.07 Å². The predicted molar refractivity (Wildman–Crippen MR) is 87.9 cm³/mol. The molecule has 1 atom stereocenters. The van der Waals surface area contributed by atoms with E-state index in [1.165, 1.54) is 6.20 Å². The van der Waals surface area contributed by atoms with E-state index in [0.29, 0.717) is 36.0 Å². The third-order valence-electron chi connectivity index (χ3n) is 4.45. The second-order valence-corrected chi connectivity index (χ2v) is 6.38. The summed E-state index contributed by atoms with van der Waals surface area (Å²) in [7, 11) is 0. The van der Waals surface area contributed by atoms with Crippen LogP contribution in [0.15, 0.2) is 30.7 Å². The summed E-state index contributed by atoms with van der Waals surface area (Å²) in [6.07, 6.45) is 7.65. The van der Waals surface area contributed by atoms with Gasteiger partial charge >= 0.3 is 0 Å². The first-order chi connectivity index (χ1) is 12.2. The van der Waals surface area contributed by atoms with Gasteiger partial charge in [0.15, 0.2) is 0 Å². The number of pyridine rings is 1. The van der Waals surface area contributed by atoms with Gasteiger partial charge < -0.3 is 9.64 Å². The highest BCUT2D eigenvalue weighted by molar-refractivity contribution is 5.93. The SMILES string of the molecule is N#Cc1ccc(O[C@@H]2CCN(C(=O)c3cnc(C4CC4)nc3)C2)nc1. The number of carbonyl (C=O) groups excluding carboxylic acids is 1. The average Bonchev–Trinajstić information content (AvgIpc) is 3.41. The maximum Gasteiger partial charge on any atom is 0.257 e. The van der Waals surface area contributed by atoms with Crippen LogP contribution in [0.4, 0.5) is 0 Å². The summed E-state index contributed by atoms with van der Waals surface area (Å²) in [6.45, 7) is 1.13. The minimum atomic E-state index is -0.101. The summed E-state index contributed by atoms with van der Waals surface area (Å²) >= 11 is 0. The van der Waals surface area contributed by atoms with Crippen LogP contribution in [0.5, 0.6) is 5.88 Å². The molecule has 2 aliphatic rings. The van der Waals surface area contributed by atoms with Gasteiger partial charge in [-0.15, -0.1) is 0 Å². The van der Waals surface area contributed by atoms with Crippen molar-refractivity contribution in [3.8, 4) is 11.9 Å². The van der Waals surface area contributed by atoms with Crippen LogP contribution in [0.25, 0.3) is 0 Å². The number of hydrogen-bond donors (Lipinski definition) is 0. The van der Waals surface area contributed by atoms with Crippen molar-refractivity contribution in [1.82, 2.24) is 19.9 Å². The molecule has 1 saturated carbocycles. The molecule has 2 aromatic rings. The molecular weight excluding hydrogens is 318 g/mol. The smallest absolute Gasteiger partial charge is 0.257 e. The third-order valence-corrected chi connectivity index (χ3v) is 4.45. The van der Waals surface area contributed by atoms with Crippen molar-refractivity contribution in [3.05, 3.63) is 47.7 Å². The van der Waals surface area contributed by atoms with Crippen molar-refractivity contribution < 1.29 is 9.53 Å². The number of rotatable bonds is 4. The number of nitriles is 1. The number of hydrogen-bond acceptors (Lipinski definition) is 6. The number of ether oxygens (including phenoxy) is 1. The second kappa shape index (κ2) is 6.48. The van der Waals surface area contributed by atoms with Crippen molar-refractivity contribution in [2.45, 2.75) is 31.3 Å². The standard InChI is InChI=1S/C18H17N5O2/c19-7-12-1-4-16(20-8-12)25-15-5-6-23(11-15)18(24)14-9-21-17(22-10-14)13-2-3-13/h1,4,8-10,13,15H,2-3,5-6,11H2/t15-/m1/s1. The summed E-state index contributed by atoms with van der Waals surface area (Å²) in [5.41, 5.74) is 1.01. The van der Waals surface area contributed by atoms with Crippen LogP contribution < -0.4 is 4.74 Å². The monoisotopic (exact) mass is 335 g/mol. The summed E-state index contributed by atoms with van der Waals surface area (Å²) in [4.78, 5) is 27.0. The molecule has 4 rings (SSSR count).